The summed E-state index contributed by atoms with van der Waals surface area (Å²) >= 11 is 0. The van der Waals surface area contributed by atoms with Gasteiger partial charge in [0.2, 0.25) is 0 Å². The van der Waals surface area contributed by atoms with Crippen molar-refractivity contribution in [1.29, 1.82) is 0 Å². The number of benzene rings is 1. The van der Waals surface area contributed by atoms with Crippen LogP contribution in [0.2, 0.25) is 0 Å². The number of nitrogens with zero attached hydrogens (tertiary/aromatic N) is 2. The lowest BCUT2D eigenvalue weighted by Crippen LogP contribution is -2.02. The molecule has 1 heterocycles. The molecule has 0 radical (unpaired) electrons. The Labute approximate surface area is 89.9 Å². The first-order valence-corrected chi connectivity index (χ1v) is 5.38. The predicted octanol–water partition coefficient (Wildman–Crippen LogP) is 2.12. The van der Waals surface area contributed by atoms with Crippen molar-refractivity contribution in [3.8, 4) is 0 Å². The van der Waals surface area contributed by atoms with E-state index in [1.807, 2.05) is 4.68 Å². The van der Waals surface area contributed by atoms with Gasteiger partial charge in [-0.1, -0.05) is 6.07 Å². The Morgan fingerprint density at radius 3 is 2.87 bits per heavy atom. The van der Waals surface area contributed by atoms with Gasteiger partial charge in [0, 0.05) is 17.6 Å². The third-order valence-electron chi connectivity index (χ3n) is 2.55. The van der Waals surface area contributed by atoms with Crippen LogP contribution >= 0.6 is 0 Å². The van der Waals surface area contributed by atoms with Gasteiger partial charge in [-0.05, 0) is 44.5 Å². The zero-order chi connectivity index (χ0) is 10.8. The summed E-state index contributed by atoms with van der Waals surface area (Å²) in [4.78, 5) is 0. The van der Waals surface area contributed by atoms with E-state index in [4.69, 9.17) is 5.73 Å². The van der Waals surface area contributed by atoms with Crippen molar-refractivity contribution in [3.63, 3.8) is 0 Å². The van der Waals surface area contributed by atoms with Crippen LogP contribution in [0.1, 0.15) is 25.5 Å². The summed E-state index contributed by atoms with van der Waals surface area (Å²) in [6.45, 7) is 4.96. The highest BCUT2D eigenvalue weighted by atomic mass is 15.3. The van der Waals surface area contributed by atoms with Gasteiger partial charge in [0.1, 0.15) is 0 Å². The van der Waals surface area contributed by atoms with E-state index in [9.17, 15) is 0 Å². The van der Waals surface area contributed by atoms with Crippen LogP contribution < -0.4 is 5.73 Å². The van der Waals surface area contributed by atoms with Crippen molar-refractivity contribution in [2.24, 2.45) is 5.73 Å². The molecule has 0 unspecified atom stereocenters. The zero-order valence-electron chi connectivity index (χ0n) is 9.27. The summed E-state index contributed by atoms with van der Waals surface area (Å²) in [5.41, 5.74) is 7.88. The van der Waals surface area contributed by atoms with Gasteiger partial charge in [0.05, 0.1) is 5.52 Å². The second-order valence-electron chi connectivity index (χ2n) is 4.13. The molecule has 1 aromatic heterocycles. The van der Waals surface area contributed by atoms with E-state index >= 15 is 0 Å². The van der Waals surface area contributed by atoms with Gasteiger partial charge >= 0.3 is 0 Å². The topological polar surface area (TPSA) is 43.8 Å². The molecule has 0 fully saturated rings. The van der Waals surface area contributed by atoms with Crippen LogP contribution in [0.3, 0.4) is 0 Å². The second kappa shape index (κ2) is 4.03. The number of nitrogens with two attached hydrogens (primary N) is 1. The van der Waals surface area contributed by atoms with Gasteiger partial charge < -0.3 is 5.73 Å². The average Bonchev–Trinajstić information content (AvgIpc) is 2.61. The Morgan fingerprint density at radius 2 is 2.20 bits per heavy atom. The lowest BCUT2D eigenvalue weighted by atomic mass is 10.1. The first-order valence-electron chi connectivity index (χ1n) is 5.38. The molecule has 1 aromatic carbocycles. The molecule has 0 saturated carbocycles. The molecule has 2 N–H and O–H groups in total. The Hall–Kier alpha value is -1.35. The highest BCUT2D eigenvalue weighted by Gasteiger charge is 2.03. The molecule has 0 spiro atoms. The minimum atomic E-state index is 0.412. The van der Waals surface area contributed by atoms with Gasteiger partial charge in [0.25, 0.3) is 0 Å². The minimum absolute atomic E-state index is 0.412. The molecule has 0 amide bonds. The summed E-state index contributed by atoms with van der Waals surface area (Å²) in [5.74, 6) is 0. The number of rotatable bonds is 3. The van der Waals surface area contributed by atoms with E-state index < -0.39 is 0 Å². The number of hydrogen-bond acceptors (Lipinski definition) is 2. The van der Waals surface area contributed by atoms with Crippen LogP contribution in [0.25, 0.3) is 10.9 Å². The van der Waals surface area contributed by atoms with Crippen molar-refractivity contribution < 1.29 is 0 Å². The Balaban J connectivity index is 2.43. The summed E-state index contributed by atoms with van der Waals surface area (Å²) in [5, 5.41) is 5.70. The molecule has 3 heteroatoms. The number of aromatic nitrogens is 2. The van der Waals surface area contributed by atoms with Crippen LogP contribution in [0.15, 0.2) is 24.4 Å². The van der Waals surface area contributed by atoms with Crippen molar-refractivity contribution in [2.75, 3.05) is 6.54 Å². The molecule has 3 nitrogen and oxygen atoms in total. The highest BCUT2D eigenvalue weighted by Crippen LogP contribution is 2.17. The fourth-order valence-corrected chi connectivity index (χ4v) is 1.68. The molecule has 2 aromatic rings. The molecule has 15 heavy (non-hydrogen) atoms. The fraction of sp³-hybridized carbons (Fsp3) is 0.417. The van der Waals surface area contributed by atoms with Gasteiger partial charge in [-0.3, -0.25) is 4.68 Å². The summed E-state index contributed by atoms with van der Waals surface area (Å²) < 4.78 is 2.00. The van der Waals surface area contributed by atoms with E-state index in [-0.39, 0.29) is 0 Å². The Kier molecular flexibility index (Phi) is 2.73. The first kappa shape index (κ1) is 10.2. The molecule has 0 aliphatic carbocycles. The first-order chi connectivity index (χ1) is 7.20. The molecule has 2 rings (SSSR count). The summed E-state index contributed by atoms with van der Waals surface area (Å²) in [6, 6.07) is 6.76. The van der Waals surface area contributed by atoms with Crippen LogP contribution in [0.4, 0.5) is 0 Å². The monoisotopic (exact) mass is 203 g/mol. The average molecular weight is 203 g/mol. The molecule has 0 saturated heterocycles. The molecule has 0 bridgehead atoms. The van der Waals surface area contributed by atoms with Crippen molar-refractivity contribution in [1.82, 2.24) is 9.78 Å². The molecule has 0 atom stereocenters. The smallest absolute Gasteiger partial charge is 0.0923 e. The quantitative estimate of drug-likeness (QED) is 0.830. The number of fused-ring (bicyclic) bond motifs is 1. The van der Waals surface area contributed by atoms with Crippen LogP contribution in [-0.4, -0.2) is 16.3 Å². The van der Waals surface area contributed by atoms with E-state index in [1.54, 1.807) is 0 Å². The maximum absolute atomic E-state index is 5.54. The minimum Gasteiger partial charge on any atom is -0.330 e. The van der Waals surface area contributed by atoms with Gasteiger partial charge in [-0.2, -0.15) is 5.10 Å². The third kappa shape index (κ3) is 2.02. The van der Waals surface area contributed by atoms with E-state index in [0.29, 0.717) is 12.6 Å². The highest BCUT2D eigenvalue weighted by molar-refractivity contribution is 5.78. The van der Waals surface area contributed by atoms with E-state index in [0.717, 1.165) is 11.9 Å². The van der Waals surface area contributed by atoms with Crippen molar-refractivity contribution in [2.45, 2.75) is 26.3 Å². The van der Waals surface area contributed by atoms with Gasteiger partial charge in [-0.25, -0.2) is 0 Å². The third-order valence-corrected chi connectivity index (χ3v) is 2.55. The molecule has 0 aliphatic heterocycles. The van der Waals surface area contributed by atoms with Crippen molar-refractivity contribution >= 4 is 10.9 Å². The summed E-state index contributed by atoms with van der Waals surface area (Å²) in [7, 11) is 0. The van der Waals surface area contributed by atoms with Gasteiger partial charge in [-0.15, -0.1) is 0 Å². The normalized spacial score (nSPS) is 11.5. The molecular formula is C12H17N3. The lowest BCUT2D eigenvalue weighted by molar-refractivity contribution is 0.537. The maximum atomic E-state index is 5.54. The lowest BCUT2D eigenvalue weighted by Gasteiger charge is -2.02. The van der Waals surface area contributed by atoms with Crippen molar-refractivity contribution in [3.05, 3.63) is 30.0 Å². The second-order valence-corrected chi connectivity index (χ2v) is 4.13. The molecule has 80 valence electrons. The van der Waals surface area contributed by atoms with E-state index in [1.165, 1.54) is 10.9 Å². The van der Waals surface area contributed by atoms with Crippen LogP contribution in [0.5, 0.6) is 0 Å². The number of hydrogen-bond donors (Lipinski definition) is 1. The molecular weight excluding hydrogens is 186 g/mol. The SMILES string of the molecule is CC(C)n1cc2cc(CCN)ccc2n1. The molecule has 0 aliphatic rings. The maximum Gasteiger partial charge on any atom is 0.0923 e. The Morgan fingerprint density at radius 1 is 1.40 bits per heavy atom. The Bertz CT molecular complexity index is 457. The predicted molar refractivity (Wildman–Crippen MR) is 62.9 cm³/mol. The van der Waals surface area contributed by atoms with E-state index in [2.05, 4.69) is 43.3 Å². The van der Waals surface area contributed by atoms with Crippen LogP contribution in [0, 0.1) is 0 Å². The zero-order valence-corrected chi connectivity index (χ0v) is 9.27. The van der Waals surface area contributed by atoms with Gasteiger partial charge in [0.15, 0.2) is 0 Å². The standard InChI is InChI=1S/C12H17N3/c1-9(2)15-8-11-7-10(5-6-13)3-4-12(11)14-15/h3-4,7-9H,5-6,13H2,1-2H3. The summed E-state index contributed by atoms with van der Waals surface area (Å²) in [6.07, 6.45) is 3.03. The largest absolute Gasteiger partial charge is 0.330 e. The van der Waals surface area contributed by atoms with Crippen LogP contribution in [-0.2, 0) is 6.42 Å². The fourth-order valence-electron chi connectivity index (χ4n) is 1.68.